The fraction of sp³-hybridized carbons (Fsp3) is 0.235. The van der Waals surface area contributed by atoms with Gasteiger partial charge in [-0.05, 0) is 36.4 Å². The Hall–Kier alpha value is -2.96. The maximum absolute atomic E-state index is 12.9. The van der Waals surface area contributed by atoms with E-state index in [1.54, 1.807) is 11.0 Å². The lowest BCUT2D eigenvalue weighted by Crippen LogP contribution is -2.49. The third kappa shape index (κ3) is 3.34. The summed E-state index contributed by atoms with van der Waals surface area (Å²) in [6.45, 7) is 2.26. The number of hydrogen-bond donors (Lipinski definition) is 1. The van der Waals surface area contributed by atoms with Crippen LogP contribution in [0.1, 0.15) is 20.7 Å². The minimum atomic E-state index is -1.01. The molecule has 0 saturated carbocycles. The fourth-order valence-corrected chi connectivity index (χ4v) is 2.61. The Bertz CT molecular complexity index is 739. The molecule has 7 heteroatoms. The number of piperazine rings is 1. The standard InChI is InChI=1S/C17H16FN3O3/c18-14-4-1-12(2-5-14)16(22)21-9-7-20(8-10-21)15-6-3-13(11-19-15)17(23)24/h1-6,11H,7-10H2,(H,23,24). The van der Waals surface area contributed by atoms with E-state index in [0.717, 1.165) is 0 Å². The normalized spacial score (nSPS) is 14.5. The smallest absolute Gasteiger partial charge is 0.337 e. The second-order valence-electron chi connectivity index (χ2n) is 5.50. The molecule has 6 nitrogen and oxygen atoms in total. The van der Waals surface area contributed by atoms with Gasteiger partial charge in [0.1, 0.15) is 11.6 Å². The number of anilines is 1. The van der Waals surface area contributed by atoms with Gasteiger partial charge in [-0.15, -0.1) is 0 Å². The number of benzene rings is 1. The Morgan fingerprint density at radius 2 is 1.58 bits per heavy atom. The summed E-state index contributed by atoms with van der Waals surface area (Å²) in [5.74, 6) is -0.811. The van der Waals surface area contributed by atoms with Crippen molar-refractivity contribution in [2.75, 3.05) is 31.1 Å². The molecular weight excluding hydrogens is 313 g/mol. The van der Waals surface area contributed by atoms with E-state index in [1.165, 1.54) is 36.5 Å². The molecule has 124 valence electrons. The summed E-state index contributed by atoms with van der Waals surface area (Å²) in [5, 5.41) is 8.89. The van der Waals surface area contributed by atoms with Gasteiger partial charge in [0.2, 0.25) is 0 Å². The summed E-state index contributed by atoms with van der Waals surface area (Å²) in [6, 6.07) is 8.70. The van der Waals surface area contributed by atoms with E-state index in [2.05, 4.69) is 4.98 Å². The number of halogens is 1. The average molecular weight is 329 g/mol. The summed E-state index contributed by atoms with van der Waals surface area (Å²) in [4.78, 5) is 31.1. The van der Waals surface area contributed by atoms with Crippen LogP contribution in [0.2, 0.25) is 0 Å². The maximum Gasteiger partial charge on any atom is 0.337 e. The highest BCUT2D eigenvalue weighted by Crippen LogP contribution is 2.16. The summed E-state index contributed by atoms with van der Waals surface area (Å²) in [6.07, 6.45) is 1.33. The molecule has 3 rings (SSSR count). The number of nitrogens with zero attached hydrogens (tertiary/aromatic N) is 3. The van der Waals surface area contributed by atoms with Crippen LogP contribution in [0.25, 0.3) is 0 Å². The summed E-state index contributed by atoms with van der Waals surface area (Å²) in [7, 11) is 0. The number of hydrogen-bond acceptors (Lipinski definition) is 4. The predicted molar refractivity (Wildman–Crippen MR) is 85.7 cm³/mol. The Balaban J connectivity index is 1.62. The SMILES string of the molecule is O=C(O)c1ccc(N2CCN(C(=O)c3ccc(F)cc3)CC2)nc1. The number of carbonyl (C=O) groups is 2. The third-order valence-electron chi connectivity index (χ3n) is 3.98. The van der Waals surface area contributed by atoms with Crippen LogP contribution in [0.15, 0.2) is 42.6 Å². The molecule has 1 aromatic carbocycles. The van der Waals surface area contributed by atoms with Gasteiger partial charge in [0.15, 0.2) is 0 Å². The zero-order chi connectivity index (χ0) is 17.1. The highest BCUT2D eigenvalue weighted by molar-refractivity contribution is 5.94. The van der Waals surface area contributed by atoms with Crippen LogP contribution in [0.4, 0.5) is 10.2 Å². The monoisotopic (exact) mass is 329 g/mol. The first-order chi connectivity index (χ1) is 11.5. The molecule has 1 N–H and O–H groups in total. The van der Waals surface area contributed by atoms with Crippen molar-refractivity contribution in [2.24, 2.45) is 0 Å². The maximum atomic E-state index is 12.9. The highest BCUT2D eigenvalue weighted by atomic mass is 19.1. The lowest BCUT2D eigenvalue weighted by atomic mass is 10.1. The first-order valence-corrected chi connectivity index (χ1v) is 7.54. The highest BCUT2D eigenvalue weighted by Gasteiger charge is 2.23. The van der Waals surface area contributed by atoms with Crippen LogP contribution in [0.5, 0.6) is 0 Å². The summed E-state index contributed by atoms with van der Waals surface area (Å²) >= 11 is 0. The van der Waals surface area contributed by atoms with Crippen LogP contribution in [0.3, 0.4) is 0 Å². The number of carboxylic acid groups (broad SMARTS) is 1. The molecule has 0 radical (unpaired) electrons. The number of pyridine rings is 1. The molecule has 1 fully saturated rings. The number of amides is 1. The lowest BCUT2D eigenvalue weighted by Gasteiger charge is -2.35. The van der Waals surface area contributed by atoms with Crippen LogP contribution in [-0.2, 0) is 0 Å². The minimum Gasteiger partial charge on any atom is -0.478 e. The Morgan fingerprint density at radius 1 is 0.958 bits per heavy atom. The van der Waals surface area contributed by atoms with Crippen molar-refractivity contribution < 1.29 is 19.1 Å². The number of aromatic carboxylic acids is 1. The Labute approximate surface area is 138 Å². The number of rotatable bonds is 3. The second-order valence-corrected chi connectivity index (χ2v) is 5.50. The average Bonchev–Trinajstić information content (AvgIpc) is 2.62. The van der Waals surface area contributed by atoms with Crippen LogP contribution < -0.4 is 4.90 Å². The molecule has 0 spiro atoms. The molecule has 0 bridgehead atoms. The molecule has 0 atom stereocenters. The van der Waals surface area contributed by atoms with Crippen LogP contribution in [0, 0.1) is 5.82 Å². The molecule has 1 aliphatic rings. The van der Waals surface area contributed by atoms with Gasteiger partial charge in [-0.3, -0.25) is 4.79 Å². The Kier molecular flexibility index (Phi) is 4.41. The van der Waals surface area contributed by atoms with Gasteiger partial charge in [-0.25, -0.2) is 14.2 Å². The quantitative estimate of drug-likeness (QED) is 0.931. The van der Waals surface area contributed by atoms with Gasteiger partial charge in [0.25, 0.3) is 5.91 Å². The second kappa shape index (κ2) is 6.66. The first-order valence-electron chi connectivity index (χ1n) is 7.54. The van der Waals surface area contributed by atoms with Crippen molar-refractivity contribution in [1.29, 1.82) is 0 Å². The third-order valence-corrected chi connectivity index (χ3v) is 3.98. The van der Waals surface area contributed by atoms with Crippen molar-refractivity contribution in [3.63, 3.8) is 0 Å². The minimum absolute atomic E-state index is 0.121. The van der Waals surface area contributed by atoms with Gasteiger partial charge in [-0.2, -0.15) is 0 Å². The van der Waals surface area contributed by atoms with Crippen molar-refractivity contribution in [2.45, 2.75) is 0 Å². The van der Waals surface area contributed by atoms with E-state index in [1.807, 2.05) is 4.90 Å². The number of carbonyl (C=O) groups excluding carboxylic acids is 1. The molecule has 1 aromatic heterocycles. The largest absolute Gasteiger partial charge is 0.478 e. The van der Waals surface area contributed by atoms with E-state index in [9.17, 15) is 14.0 Å². The van der Waals surface area contributed by atoms with E-state index < -0.39 is 5.97 Å². The van der Waals surface area contributed by atoms with Gasteiger partial charge in [0, 0.05) is 37.9 Å². The number of aromatic nitrogens is 1. The summed E-state index contributed by atoms with van der Waals surface area (Å²) < 4.78 is 12.9. The molecule has 2 aromatic rings. The number of carboxylic acids is 1. The van der Waals surface area contributed by atoms with E-state index in [4.69, 9.17) is 5.11 Å². The molecule has 2 heterocycles. The van der Waals surface area contributed by atoms with E-state index >= 15 is 0 Å². The van der Waals surface area contributed by atoms with Gasteiger partial charge < -0.3 is 14.9 Å². The van der Waals surface area contributed by atoms with Crippen molar-refractivity contribution in [1.82, 2.24) is 9.88 Å². The molecule has 0 aliphatic carbocycles. The zero-order valence-electron chi connectivity index (χ0n) is 12.9. The van der Waals surface area contributed by atoms with Gasteiger partial charge in [0.05, 0.1) is 5.56 Å². The fourth-order valence-electron chi connectivity index (χ4n) is 2.61. The van der Waals surface area contributed by atoms with Crippen molar-refractivity contribution >= 4 is 17.7 Å². The molecule has 1 aliphatic heterocycles. The van der Waals surface area contributed by atoms with Crippen LogP contribution >= 0.6 is 0 Å². The predicted octanol–water partition coefficient (Wildman–Crippen LogP) is 1.88. The topological polar surface area (TPSA) is 73.7 Å². The van der Waals surface area contributed by atoms with E-state index in [0.29, 0.717) is 37.6 Å². The molecule has 24 heavy (non-hydrogen) atoms. The Morgan fingerprint density at radius 3 is 2.12 bits per heavy atom. The van der Waals surface area contributed by atoms with E-state index in [-0.39, 0.29) is 17.3 Å². The van der Waals surface area contributed by atoms with Crippen molar-refractivity contribution in [3.05, 3.63) is 59.5 Å². The molecule has 0 unspecified atom stereocenters. The first kappa shape index (κ1) is 15.9. The molecule has 1 saturated heterocycles. The van der Waals surface area contributed by atoms with Crippen LogP contribution in [-0.4, -0.2) is 53.0 Å². The molecular formula is C17H16FN3O3. The van der Waals surface area contributed by atoms with Gasteiger partial charge >= 0.3 is 5.97 Å². The zero-order valence-corrected chi connectivity index (χ0v) is 12.9. The van der Waals surface area contributed by atoms with Crippen molar-refractivity contribution in [3.8, 4) is 0 Å². The summed E-state index contributed by atoms with van der Waals surface area (Å²) in [5.41, 5.74) is 0.609. The lowest BCUT2D eigenvalue weighted by molar-refractivity contribution is 0.0694. The van der Waals surface area contributed by atoms with Gasteiger partial charge in [-0.1, -0.05) is 0 Å². The molecule has 1 amide bonds.